The summed E-state index contributed by atoms with van der Waals surface area (Å²) in [6, 6.07) is 10.2. The monoisotopic (exact) mass is 255 g/mol. The molecular formula is C11H10ClNO2S. The first-order chi connectivity index (χ1) is 7.56. The Morgan fingerprint density at radius 2 is 1.69 bits per heavy atom. The van der Waals surface area contributed by atoms with Crippen LogP contribution < -0.4 is 4.72 Å². The summed E-state index contributed by atoms with van der Waals surface area (Å²) >= 11 is 6.01. The molecule has 0 bridgehead atoms. The molecular weight excluding hydrogens is 246 g/mol. The van der Waals surface area contributed by atoms with E-state index in [4.69, 9.17) is 11.6 Å². The molecule has 0 atom stereocenters. The molecule has 5 heteroatoms. The molecule has 0 radical (unpaired) electrons. The molecule has 2 rings (SSSR count). The maximum atomic E-state index is 11.8. The van der Waals surface area contributed by atoms with Crippen LogP contribution in [0.3, 0.4) is 0 Å². The Hall–Kier alpha value is -1.10. The predicted octanol–water partition coefficient (Wildman–Crippen LogP) is 2.40. The van der Waals surface area contributed by atoms with Crippen LogP contribution in [-0.2, 0) is 10.0 Å². The van der Waals surface area contributed by atoms with Gasteiger partial charge in [0.15, 0.2) is 0 Å². The Kier molecular flexibility index (Phi) is 2.88. The first-order valence-corrected chi connectivity index (χ1v) is 6.53. The van der Waals surface area contributed by atoms with Crippen molar-refractivity contribution in [3.8, 4) is 0 Å². The van der Waals surface area contributed by atoms with Crippen LogP contribution in [0, 0.1) is 0 Å². The maximum Gasteiger partial charge on any atom is 0.240 e. The largest absolute Gasteiger partial charge is 0.240 e. The molecule has 0 saturated heterocycles. The van der Waals surface area contributed by atoms with Gasteiger partial charge in [0.1, 0.15) is 0 Å². The summed E-state index contributed by atoms with van der Waals surface area (Å²) in [6.07, 6.45) is 0. The van der Waals surface area contributed by atoms with Gasteiger partial charge in [0.25, 0.3) is 0 Å². The first kappa shape index (κ1) is 11.4. The maximum absolute atomic E-state index is 11.8. The molecule has 0 aliphatic rings. The van der Waals surface area contributed by atoms with Crippen molar-refractivity contribution in [1.29, 1.82) is 0 Å². The minimum atomic E-state index is -3.45. The van der Waals surface area contributed by atoms with E-state index in [2.05, 4.69) is 4.72 Å². The normalized spacial score (nSPS) is 11.9. The van der Waals surface area contributed by atoms with Gasteiger partial charge >= 0.3 is 0 Å². The van der Waals surface area contributed by atoms with E-state index in [1.807, 2.05) is 6.07 Å². The highest BCUT2D eigenvalue weighted by molar-refractivity contribution is 7.89. The number of nitrogens with one attached hydrogen (secondary N) is 1. The van der Waals surface area contributed by atoms with E-state index in [1.54, 1.807) is 24.3 Å². The second-order valence-corrected chi connectivity index (χ2v) is 5.56. The van der Waals surface area contributed by atoms with E-state index in [0.29, 0.717) is 10.4 Å². The first-order valence-electron chi connectivity index (χ1n) is 4.67. The smallest absolute Gasteiger partial charge is 0.214 e. The number of fused-ring (bicyclic) bond motifs is 1. The lowest BCUT2D eigenvalue weighted by Crippen LogP contribution is -2.18. The molecule has 0 fully saturated rings. The highest BCUT2D eigenvalue weighted by Gasteiger charge is 2.15. The van der Waals surface area contributed by atoms with E-state index in [0.717, 1.165) is 5.39 Å². The quantitative estimate of drug-likeness (QED) is 0.896. The highest BCUT2D eigenvalue weighted by Crippen LogP contribution is 2.28. The molecule has 3 nitrogen and oxygen atoms in total. The molecule has 2 aromatic carbocycles. The molecule has 2 aromatic rings. The highest BCUT2D eigenvalue weighted by atomic mass is 35.5. The molecule has 84 valence electrons. The fourth-order valence-electron chi connectivity index (χ4n) is 1.58. The zero-order chi connectivity index (χ0) is 11.8. The molecule has 0 aliphatic carbocycles. The Bertz CT molecular complexity index is 637. The number of rotatable bonds is 2. The van der Waals surface area contributed by atoms with Crippen LogP contribution in [-0.4, -0.2) is 15.5 Å². The van der Waals surface area contributed by atoms with Gasteiger partial charge in [-0.2, -0.15) is 0 Å². The second kappa shape index (κ2) is 4.05. The minimum absolute atomic E-state index is 0.245. The van der Waals surface area contributed by atoms with Crippen LogP contribution in [0.2, 0.25) is 5.02 Å². The zero-order valence-corrected chi connectivity index (χ0v) is 10.1. The topological polar surface area (TPSA) is 46.2 Å². The van der Waals surface area contributed by atoms with E-state index in [-0.39, 0.29) is 4.90 Å². The predicted molar refractivity (Wildman–Crippen MR) is 65.2 cm³/mol. The van der Waals surface area contributed by atoms with Crippen LogP contribution in [0.1, 0.15) is 0 Å². The van der Waals surface area contributed by atoms with Gasteiger partial charge in [0.2, 0.25) is 10.0 Å². The average molecular weight is 256 g/mol. The fraction of sp³-hybridized carbons (Fsp3) is 0.0909. The number of halogens is 1. The molecule has 0 unspecified atom stereocenters. The van der Waals surface area contributed by atoms with Crippen LogP contribution >= 0.6 is 11.6 Å². The van der Waals surface area contributed by atoms with Gasteiger partial charge in [-0.15, -0.1) is 0 Å². The Labute approximate surface area is 99.1 Å². The van der Waals surface area contributed by atoms with Crippen molar-refractivity contribution in [2.24, 2.45) is 0 Å². The van der Waals surface area contributed by atoms with Crippen molar-refractivity contribution >= 4 is 32.4 Å². The van der Waals surface area contributed by atoms with Crippen molar-refractivity contribution in [2.75, 3.05) is 7.05 Å². The van der Waals surface area contributed by atoms with Crippen molar-refractivity contribution in [3.63, 3.8) is 0 Å². The number of hydrogen-bond acceptors (Lipinski definition) is 2. The van der Waals surface area contributed by atoms with E-state index >= 15 is 0 Å². The molecule has 16 heavy (non-hydrogen) atoms. The van der Waals surface area contributed by atoms with Gasteiger partial charge in [-0.1, -0.05) is 35.9 Å². The standard InChI is InChI=1S/C11H10ClNO2S/c1-13-16(14,15)11-7-6-10(12)8-4-2-3-5-9(8)11/h2-7,13H,1H3. The van der Waals surface area contributed by atoms with Gasteiger partial charge in [0, 0.05) is 15.8 Å². The van der Waals surface area contributed by atoms with Crippen molar-refractivity contribution in [2.45, 2.75) is 4.90 Å². The molecule has 0 saturated carbocycles. The Balaban J connectivity index is 2.88. The summed E-state index contributed by atoms with van der Waals surface area (Å²) in [5.41, 5.74) is 0. The lowest BCUT2D eigenvalue weighted by Gasteiger charge is -2.07. The molecule has 0 spiro atoms. The number of benzene rings is 2. The molecule has 0 aliphatic heterocycles. The van der Waals surface area contributed by atoms with Gasteiger partial charge in [-0.05, 0) is 19.2 Å². The molecule has 0 aromatic heterocycles. The molecule has 0 heterocycles. The number of sulfonamides is 1. The van der Waals surface area contributed by atoms with Gasteiger partial charge in [0.05, 0.1) is 4.90 Å². The van der Waals surface area contributed by atoms with Gasteiger partial charge in [-0.25, -0.2) is 13.1 Å². The van der Waals surface area contributed by atoms with Crippen LogP contribution in [0.4, 0.5) is 0 Å². The summed E-state index contributed by atoms with van der Waals surface area (Å²) in [5.74, 6) is 0. The fourth-order valence-corrected chi connectivity index (χ4v) is 2.74. The SMILES string of the molecule is CNS(=O)(=O)c1ccc(Cl)c2ccccc12. The second-order valence-electron chi connectivity index (χ2n) is 3.30. The lowest BCUT2D eigenvalue weighted by atomic mass is 10.1. The Morgan fingerprint density at radius 1 is 1.06 bits per heavy atom. The zero-order valence-electron chi connectivity index (χ0n) is 8.57. The summed E-state index contributed by atoms with van der Waals surface area (Å²) in [6.45, 7) is 0. The van der Waals surface area contributed by atoms with E-state index in [9.17, 15) is 8.42 Å². The van der Waals surface area contributed by atoms with Gasteiger partial charge < -0.3 is 0 Å². The van der Waals surface area contributed by atoms with Crippen molar-refractivity contribution < 1.29 is 8.42 Å². The van der Waals surface area contributed by atoms with Crippen LogP contribution in [0.15, 0.2) is 41.3 Å². The summed E-state index contributed by atoms with van der Waals surface area (Å²) in [4.78, 5) is 0.245. The van der Waals surface area contributed by atoms with Crippen LogP contribution in [0.25, 0.3) is 10.8 Å². The van der Waals surface area contributed by atoms with E-state index in [1.165, 1.54) is 13.1 Å². The average Bonchev–Trinajstić information content (AvgIpc) is 2.29. The molecule has 0 amide bonds. The summed E-state index contributed by atoms with van der Waals surface area (Å²) in [5, 5.41) is 1.91. The Morgan fingerprint density at radius 3 is 2.31 bits per heavy atom. The summed E-state index contributed by atoms with van der Waals surface area (Å²) in [7, 11) is -2.06. The lowest BCUT2D eigenvalue weighted by molar-refractivity contribution is 0.589. The third kappa shape index (κ3) is 1.80. The molecule has 1 N–H and O–H groups in total. The van der Waals surface area contributed by atoms with Crippen molar-refractivity contribution in [1.82, 2.24) is 4.72 Å². The number of hydrogen-bond donors (Lipinski definition) is 1. The van der Waals surface area contributed by atoms with Gasteiger partial charge in [-0.3, -0.25) is 0 Å². The van der Waals surface area contributed by atoms with Crippen LogP contribution in [0.5, 0.6) is 0 Å². The third-order valence-electron chi connectivity index (χ3n) is 2.39. The van der Waals surface area contributed by atoms with Crippen molar-refractivity contribution in [3.05, 3.63) is 41.4 Å². The third-order valence-corrected chi connectivity index (χ3v) is 4.19. The summed E-state index contributed by atoms with van der Waals surface area (Å²) < 4.78 is 25.8. The minimum Gasteiger partial charge on any atom is -0.214 e. The van der Waals surface area contributed by atoms with E-state index < -0.39 is 10.0 Å².